The van der Waals surface area contributed by atoms with Crippen LogP contribution in [0.3, 0.4) is 0 Å². The molecule has 2 rings (SSSR count). The number of sulfonamides is 1. The Morgan fingerprint density at radius 3 is 2.36 bits per heavy atom. The summed E-state index contributed by atoms with van der Waals surface area (Å²) in [5.74, 6) is -1.32. The molecule has 0 spiro atoms. The molecule has 1 amide bonds. The van der Waals surface area contributed by atoms with Crippen molar-refractivity contribution in [2.24, 2.45) is 0 Å². The van der Waals surface area contributed by atoms with Crippen molar-refractivity contribution < 1.29 is 23.1 Å². The lowest BCUT2D eigenvalue weighted by atomic mass is 10.2. The number of amides is 1. The molecule has 126 valence electrons. The van der Waals surface area contributed by atoms with Crippen LogP contribution in [0.2, 0.25) is 0 Å². The maximum absolute atomic E-state index is 12.2. The first-order valence-corrected chi connectivity index (χ1v) is 9.45. The van der Waals surface area contributed by atoms with Crippen molar-refractivity contribution in [1.82, 2.24) is 9.21 Å². The molecule has 1 aliphatic heterocycles. The number of hydrogen-bond donors (Lipinski definition) is 1. The summed E-state index contributed by atoms with van der Waals surface area (Å²) in [6.07, 6.45) is 3.77. The minimum atomic E-state index is -3.28. The van der Waals surface area contributed by atoms with E-state index in [1.165, 1.54) is 16.1 Å². The second-order valence-electron chi connectivity index (χ2n) is 6.07. The van der Waals surface area contributed by atoms with Crippen LogP contribution >= 0.6 is 0 Å². The molecule has 1 atom stereocenters. The smallest absolute Gasteiger partial charge is 0.326 e. The van der Waals surface area contributed by atoms with Crippen LogP contribution in [0.1, 0.15) is 45.4 Å². The van der Waals surface area contributed by atoms with Gasteiger partial charge in [0.15, 0.2) is 0 Å². The molecule has 0 aromatic heterocycles. The Hall–Kier alpha value is -1.15. The zero-order chi connectivity index (χ0) is 16.3. The SMILES string of the molecule is CC(C(=O)O)N(C(=O)CCCS(=O)(=O)N1CCCC1)C1CC1. The number of carboxylic acids is 1. The zero-order valence-corrected chi connectivity index (χ0v) is 13.7. The van der Waals surface area contributed by atoms with Gasteiger partial charge in [0.05, 0.1) is 5.75 Å². The second kappa shape index (κ2) is 6.95. The number of carboxylic acid groups (broad SMARTS) is 1. The standard InChI is InChI=1S/C14H24N2O5S/c1-11(14(18)19)16(12-6-7-12)13(17)5-4-10-22(20,21)15-8-2-3-9-15/h11-12H,2-10H2,1H3,(H,18,19). The fourth-order valence-corrected chi connectivity index (χ4v) is 4.42. The van der Waals surface area contributed by atoms with Gasteiger partial charge in [-0.25, -0.2) is 17.5 Å². The van der Waals surface area contributed by atoms with Gasteiger partial charge >= 0.3 is 5.97 Å². The van der Waals surface area contributed by atoms with E-state index < -0.39 is 22.0 Å². The van der Waals surface area contributed by atoms with Crippen molar-refractivity contribution in [3.63, 3.8) is 0 Å². The maximum Gasteiger partial charge on any atom is 0.326 e. The second-order valence-corrected chi connectivity index (χ2v) is 8.16. The van der Waals surface area contributed by atoms with Crippen LogP contribution in [0.25, 0.3) is 0 Å². The highest BCUT2D eigenvalue weighted by Gasteiger charge is 2.38. The van der Waals surface area contributed by atoms with Crippen LogP contribution in [0.4, 0.5) is 0 Å². The van der Waals surface area contributed by atoms with Gasteiger partial charge in [-0.15, -0.1) is 0 Å². The molecule has 1 heterocycles. The molecule has 0 aromatic rings. The van der Waals surface area contributed by atoms with Gasteiger partial charge in [0.2, 0.25) is 15.9 Å². The van der Waals surface area contributed by atoms with Crippen LogP contribution in [0.5, 0.6) is 0 Å². The zero-order valence-electron chi connectivity index (χ0n) is 12.9. The number of rotatable bonds is 8. The summed E-state index contributed by atoms with van der Waals surface area (Å²) in [5, 5.41) is 9.08. The summed E-state index contributed by atoms with van der Waals surface area (Å²) in [4.78, 5) is 24.7. The molecular formula is C14H24N2O5S. The monoisotopic (exact) mass is 332 g/mol. The van der Waals surface area contributed by atoms with Crippen molar-refractivity contribution >= 4 is 21.9 Å². The molecule has 8 heteroatoms. The van der Waals surface area contributed by atoms with Crippen molar-refractivity contribution in [2.45, 2.75) is 57.5 Å². The highest BCUT2D eigenvalue weighted by molar-refractivity contribution is 7.89. The summed E-state index contributed by atoms with van der Waals surface area (Å²) in [7, 11) is -3.28. The van der Waals surface area contributed by atoms with E-state index in [1.807, 2.05) is 0 Å². The molecule has 2 aliphatic rings. The third-order valence-electron chi connectivity index (χ3n) is 4.25. The molecule has 7 nitrogen and oxygen atoms in total. The molecule has 0 aromatic carbocycles. The fourth-order valence-electron chi connectivity index (χ4n) is 2.84. The highest BCUT2D eigenvalue weighted by Crippen LogP contribution is 2.29. The lowest BCUT2D eigenvalue weighted by Crippen LogP contribution is -2.44. The van der Waals surface area contributed by atoms with Gasteiger partial charge < -0.3 is 10.0 Å². The van der Waals surface area contributed by atoms with Crippen LogP contribution in [-0.4, -0.2) is 65.5 Å². The molecule has 1 unspecified atom stereocenters. The van der Waals surface area contributed by atoms with Crippen LogP contribution in [-0.2, 0) is 19.6 Å². The summed E-state index contributed by atoms with van der Waals surface area (Å²) in [5.41, 5.74) is 0. The predicted molar refractivity (Wildman–Crippen MR) is 80.8 cm³/mol. The highest BCUT2D eigenvalue weighted by atomic mass is 32.2. The molecular weight excluding hydrogens is 308 g/mol. The number of carbonyl (C=O) groups excluding carboxylic acids is 1. The third-order valence-corrected chi connectivity index (χ3v) is 6.21. The molecule has 0 bridgehead atoms. The summed E-state index contributed by atoms with van der Waals surface area (Å²) < 4.78 is 25.6. The average Bonchev–Trinajstić information content (AvgIpc) is 3.10. The molecule has 1 saturated carbocycles. The van der Waals surface area contributed by atoms with Crippen molar-refractivity contribution in [2.75, 3.05) is 18.8 Å². The van der Waals surface area contributed by atoms with Crippen LogP contribution in [0, 0.1) is 0 Å². The minimum Gasteiger partial charge on any atom is -0.480 e. The Morgan fingerprint density at radius 1 is 1.27 bits per heavy atom. The topological polar surface area (TPSA) is 95.0 Å². The predicted octanol–water partition coefficient (Wildman–Crippen LogP) is 0.656. The largest absolute Gasteiger partial charge is 0.480 e. The average molecular weight is 332 g/mol. The molecule has 22 heavy (non-hydrogen) atoms. The van der Waals surface area contributed by atoms with Crippen molar-refractivity contribution in [3.05, 3.63) is 0 Å². The molecule has 2 fully saturated rings. The molecule has 1 saturated heterocycles. The van der Waals surface area contributed by atoms with E-state index in [0.29, 0.717) is 13.1 Å². The normalized spacial score (nSPS) is 20.8. The summed E-state index contributed by atoms with van der Waals surface area (Å²) in [6.45, 7) is 2.64. The van der Waals surface area contributed by atoms with E-state index in [4.69, 9.17) is 5.11 Å². The Morgan fingerprint density at radius 2 is 1.86 bits per heavy atom. The van der Waals surface area contributed by atoms with Crippen LogP contribution < -0.4 is 0 Å². The molecule has 1 N–H and O–H groups in total. The van der Waals surface area contributed by atoms with E-state index in [0.717, 1.165) is 25.7 Å². The van der Waals surface area contributed by atoms with Crippen LogP contribution in [0.15, 0.2) is 0 Å². The Balaban J connectivity index is 1.84. The fraction of sp³-hybridized carbons (Fsp3) is 0.857. The third kappa shape index (κ3) is 4.19. The van der Waals surface area contributed by atoms with Crippen molar-refractivity contribution in [3.8, 4) is 0 Å². The maximum atomic E-state index is 12.2. The first-order chi connectivity index (χ1) is 10.3. The Kier molecular flexibility index (Phi) is 5.44. The Bertz CT molecular complexity index is 523. The number of nitrogens with zero attached hydrogens (tertiary/aromatic N) is 2. The lowest BCUT2D eigenvalue weighted by Gasteiger charge is -2.26. The summed E-state index contributed by atoms with van der Waals surface area (Å²) in [6, 6.07) is -0.844. The van der Waals surface area contributed by atoms with E-state index in [2.05, 4.69) is 0 Å². The van der Waals surface area contributed by atoms with Gasteiger partial charge in [-0.1, -0.05) is 0 Å². The van der Waals surface area contributed by atoms with Gasteiger partial charge in [0.25, 0.3) is 0 Å². The number of carbonyl (C=O) groups is 2. The van der Waals surface area contributed by atoms with E-state index in [-0.39, 0.29) is 30.5 Å². The van der Waals surface area contributed by atoms with Gasteiger partial charge in [-0.2, -0.15) is 0 Å². The van der Waals surface area contributed by atoms with Gasteiger partial charge in [0, 0.05) is 25.6 Å². The quantitative estimate of drug-likeness (QED) is 0.704. The number of aliphatic carboxylic acids is 1. The summed E-state index contributed by atoms with van der Waals surface area (Å²) >= 11 is 0. The molecule has 0 radical (unpaired) electrons. The Labute approximate surface area is 131 Å². The first kappa shape index (κ1) is 17.2. The van der Waals surface area contributed by atoms with E-state index in [9.17, 15) is 18.0 Å². The minimum absolute atomic E-state index is 0.00814. The van der Waals surface area contributed by atoms with E-state index >= 15 is 0 Å². The van der Waals surface area contributed by atoms with E-state index in [1.54, 1.807) is 0 Å². The van der Waals surface area contributed by atoms with Gasteiger partial charge in [0.1, 0.15) is 6.04 Å². The van der Waals surface area contributed by atoms with Crippen molar-refractivity contribution in [1.29, 1.82) is 0 Å². The first-order valence-electron chi connectivity index (χ1n) is 7.84. The molecule has 1 aliphatic carbocycles. The van der Waals surface area contributed by atoms with Gasteiger partial charge in [-0.05, 0) is 39.0 Å². The van der Waals surface area contributed by atoms with Gasteiger partial charge in [-0.3, -0.25) is 4.79 Å². The lowest BCUT2D eigenvalue weighted by molar-refractivity contribution is -0.150. The number of hydrogen-bond acceptors (Lipinski definition) is 4.